The zero-order valence-electron chi connectivity index (χ0n) is 46.9. The molecule has 9 rings (SSSR count). The Kier molecular flexibility index (Phi) is 20.0. The van der Waals surface area contributed by atoms with Crippen LogP contribution >= 0.6 is 23.5 Å². The van der Waals surface area contributed by atoms with Crippen LogP contribution in [0.3, 0.4) is 0 Å². The number of H-pyrrole nitrogens is 2. The number of thioether (sulfide) groups is 2. The van der Waals surface area contributed by atoms with Crippen molar-refractivity contribution in [3.05, 3.63) is 125 Å². The van der Waals surface area contributed by atoms with E-state index in [0.717, 1.165) is 66.0 Å². The molecule has 5 atom stereocenters. The molecule has 0 unspecified atom stereocenters. The van der Waals surface area contributed by atoms with Crippen LogP contribution in [0.5, 0.6) is 0 Å². The molecular weight excluding hydrogens is 1110 g/mol. The Morgan fingerprint density at radius 2 is 1.17 bits per heavy atom. The highest BCUT2D eigenvalue weighted by Crippen LogP contribution is 2.36. The molecule has 4 heterocycles. The van der Waals surface area contributed by atoms with Gasteiger partial charge < -0.3 is 39.9 Å². The lowest BCUT2D eigenvalue weighted by Crippen LogP contribution is -2.49. The number of sulfonamides is 2. The first-order chi connectivity index (χ1) is 38.7. The van der Waals surface area contributed by atoms with Gasteiger partial charge in [0.05, 0.1) is 51.5 Å². The average molecular weight is 1190 g/mol. The van der Waals surface area contributed by atoms with Crippen molar-refractivity contribution in [3.63, 3.8) is 0 Å². The standard InChI is InChI=1S/C57H72N10O10S4/c1-36-9-13-39(37(2)40-17-21-43(22-18-40)48-30-58-52(60-48)50-32-64(80(7,72)73)34-66(50)54(68)46(25-27-78-5)62-56(70)76-3)15-11-38-12-16-41(14-10-36)45(29-38)42-19-23-44(24-20-42)49-31-59-53(61-49)51-33-65(81(8,74)75)35-67(51)55(69)47(26-28-79-6)63-57(71)77-4/h9,12-13,16-24,29-31,36,46-47,50-51H,10-11,14-15,25-28,32-35H2,1-8H3,(H,58,60)(H,59,61)(H,62,70)(H,63,71)/b13-9-,39-37-/t36-,46-,47-,50-,51-/m0/s1. The number of carbonyl (C=O) groups excluding carboxylic acids is 4. The highest BCUT2D eigenvalue weighted by molar-refractivity contribution is 7.98. The van der Waals surface area contributed by atoms with E-state index in [1.165, 1.54) is 78.4 Å². The Morgan fingerprint density at radius 1 is 0.691 bits per heavy atom. The van der Waals surface area contributed by atoms with Gasteiger partial charge in [-0.3, -0.25) is 9.59 Å². The van der Waals surface area contributed by atoms with Gasteiger partial charge in [0.25, 0.3) is 0 Å². The Balaban J connectivity index is 0.981. The van der Waals surface area contributed by atoms with E-state index in [1.54, 1.807) is 12.4 Å². The molecule has 20 nitrogen and oxygen atoms in total. The first kappa shape index (κ1) is 60.7. The van der Waals surface area contributed by atoms with E-state index in [4.69, 9.17) is 19.4 Å². The third kappa shape index (κ3) is 14.8. The molecule has 0 spiro atoms. The van der Waals surface area contributed by atoms with Crippen LogP contribution in [-0.2, 0) is 52.0 Å². The van der Waals surface area contributed by atoms with E-state index >= 15 is 0 Å². The first-order valence-corrected chi connectivity index (χ1v) is 33.2. The molecule has 4 amide bonds. The van der Waals surface area contributed by atoms with Crippen molar-refractivity contribution in [3.8, 4) is 33.6 Å². The lowest BCUT2D eigenvalue weighted by molar-refractivity contribution is -0.135. The van der Waals surface area contributed by atoms with Crippen LogP contribution < -0.4 is 10.6 Å². The molecule has 2 aliphatic carbocycles. The molecule has 4 N–H and O–H groups in total. The minimum atomic E-state index is -3.67. The number of carbonyl (C=O) groups is 4. The fraction of sp³-hybridized carbons (Fsp3) is 0.439. The topological polar surface area (TPSA) is 249 Å². The van der Waals surface area contributed by atoms with E-state index in [1.807, 2.05) is 36.8 Å². The Bertz CT molecular complexity index is 3370. The van der Waals surface area contributed by atoms with Crippen molar-refractivity contribution < 1.29 is 45.5 Å². The SMILES string of the molecule is COC(=O)N[C@@H](CCSC)C(=O)N1CN(S(C)(=O)=O)C[C@H]1c1nc(-c2ccc(/C(C)=C3/C=C\[C@H](C)CCc4ccc(cc4-c4ccc(-c5c[nH]c([C@@H]6CN(S(C)(=O)=O)CN6C(=O)[C@H](CCSC)NC(=O)OC)n5)cc4)CC3)cc2)c[nH]1. The maximum absolute atomic E-state index is 14.0. The number of allylic oxidation sites excluding steroid dienone is 4. The number of hydrogen-bond donors (Lipinski definition) is 4. The summed E-state index contributed by atoms with van der Waals surface area (Å²) in [6, 6.07) is 19.9. The largest absolute Gasteiger partial charge is 0.453 e. The smallest absolute Gasteiger partial charge is 0.407 e. The maximum atomic E-state index is 14.0. The van der Waals surface area contributed by atoms with E-state index in [-0.39, 0.29) is 26.4 Å². The summed E-state index contributed by atoms with van der Waals surface area (Å²) in [6.07, 6.45) is 16.7. The minimum absolute atomic E-state index is 0.00243. The molecule has 2 bridgehead atoms. The van der Waals surface area contributed by atoms with Gasteiger partial charge >= 0.3 is 12.2 Å². The third-order valence-electron chi connectivity index (χ3n) is 15.2. The van der Waals surface area contributed by atoms with E-state index in [0.29, 0.717) is 53.3 Å². The number of amides is 4. The Hall–Kier alpha value is -6.44. The molecule has 24 heteroatoms. The second kappa shape index (κ2) is 26.6. The number of ether oxygens (including phenoxy) is 2. The zero-order valence-corrected chi connectivity index (χ0v) is 50.2. The number of aromatic nitrogens is 4. The molecule has 81 heavy (non-hydrogen) atoms. The summed E-state index contributed by atoms with van der Waals surface area (Å²) in [7, 11) is -4.89. The van der Waals surface area contributed by atoms with Crippen LogP contribution in [0, 0.1) is 5.92 Å². The van der Waals surface area contributed by atoms with Crippen molar-refractivity contribution in [2.75, 3.05) is 77.2 Å². The summed E-state index contributed by atoms with van der Waals surface area (Å²) in [4.78, 5) is 71.7. The summed E-state index contributed by atoms with van der Waals surface area (Å²) in [6.45, 7) is 4.03. The van der Waals surface area contributed by atoms with E-state index < -0.39 is 68.2 Å². The van der Waals surface area contributed by atoms with Crippen LogP contribution in [0.25, 0.3) is 39.2 Å². The average Bonchev–Trinajstić information content (AvgIpc) is 4.52. The van der Waals surface area contributed by atoms with Gasteiger partial charge in [0.15, 0.2) is 0 Å². The minimum Gasteiger partial charge on any atom is -0.453 e. The molecule has 3 aromatic carbocycles. The summed E-state index contributed by atoms with van der Waals surface area (Å²) >= 11 is 3.05. The maximum Gasteiger partial charge on any atom is 0.407 e. The second-order valence-corrected chi connectivity index (χ2v) is 26.6. The van der Waals surface area contributed by atoms with Gasteiger partial charge in [0, 0.05) is 36.6 Å². The van der Waals surface area contributed by atoms with Crippen LogP contribution in [-0.4, -0.2) is 168 Å². The summed E-state index contributed by atoms with van der Waals surface area (Å²) in [5.41, 5.74) is 11.1. The number of aryl methyl sites for hydroxylation is 2. The van der Waals surface area contributed by atoms with Gasteiger partial charge in [0.2, 0.25) is 31.9 Å². The first-order valence-electron chi connectivity index (χ1n) is 26.7. The lowest BCUT2D eigenvalue weighted by Gasteiger charge is -2.27. The number of aromatic amines is 2. The van der Waals surface area contributed by atoms with Crippen molar-refractivity contribution in [2.24, 2.45) is 5.92 Å². The van der Waals surface area contributed by atoms with Crippen LogP contribution in [0.2, 0.25) is 0 Å². The van der Waals surface area contributed by atoms with Crippen LogP contribution in [0.1, 0.15) is 80.0 Å². The molecule has 434 valence electrons. The highest BCUT2D eigenvalue weighted by Gasteiger charge is 2.44. The fourth-order valence-corrected chi connectivity index (χ4v) is 12.8. The van der Waals surface area contributed by atoms with Crippen molar-refractivity contribution in [1.82, 2.24) is 49.0 Å². The monoisotopic (exact) mass is 1180 g/mol. The van der Waals surface area contributed by atoms with Gasteiger partial charge in [-0.1, -0.05) is 85.8 Å². The van der Waals surface area contributed by atoms with Crippen molar-refractivity contribution in [2.45, 2.75) is 76.5 Å². The Labute approximate surface area is 483 Å². The predicted octanol–water partition coefficient (Wildman–Crippen LogP) is 7.84. The van der Waals surface area contributed by atoms with Crippen LogP contribution in [0.15, 0.2) is 96.8 Å². The van der Waals surface area contributed by atoms with Gasteiger partial charge in [0.1, 0.15) is 35.8 Å². The van der Waals surface area contributed by atoms with Gasteiger partial charge in [-0.05, 0) is 114 Å². The van der Waals surface area contributed by atoms with Gasteiger partial charge in [-0.15, -0.1) is 0 Å². The summed E-state index contributed by atoms with van der Waals surface area (Å²) < 4.78 is 63.2. The van der Waals surface area contributed by atoms with Gasteiger partial charge in [-0.25, -0.2) is 36.4 Å². The second-order valence-electron chi connectivity index (χ2n) is 20.7. The molecule has 0 radical (unpaired) electrons. The quantitative estimate of drug-likeness (QED) is 0.0653. The molecule has 2 saturated heterocycles. The predicted molar refractivity (Wildman–Crippen MR) is 318 cm³/mol. The molecule has 5 aromatic rings. The molecule has 2 fully saturated rings. The summed E-state index contributed by atoms with van der Waals surface area (Å²) in [5.74, 6) is 1.47. The number of hydrogen-bond acceptors (Lipinski definition) is 14. The normalized spacial score (nSPS) is 20.0. The van der Waals surface area contributed by atoms with Crippen LogP contribution in [0.4, 0.5) is 9.59 Å². The van der Waals surface area contributed by atoms with Crippen molar-refractivity contribution >= 4 is 73.1 Å². The molecule has 2 aliphatic heterocycles. The number of fused-ring (bicyclic) bond motifs is 8. The number of methoxy groups -OCH3 is 2. The molecular formula is C57H72N10O10S4. The van der Waals surface area contributed by atoms with E-state index in [2.05, 4.69) is 89.1 Å². The number of nitrogens with zero attached hydrogens (tertiary/aromatic N) is 6. The number of nitrogens with one attached hydrogen (secondary N) is 4. The van der Waals surface area contributed by atoms with E-state index in [9.17, 15) is 36.0 Å². The third-order valence-corrected chi connectivity index (χ3v) is 18.9. The molecule has 0 saturated carbocycles. The highest BCUT2D eigenvalue weighted by atomic mass is 32.2. The lowest BCUT2D eigenvalue weighted by atomic mass is 9.88. The molecule has 2 aromatic heterocycles. The molecule has 4 aliphatic rings. The number of alkyl carbamates (subject to hydrolysis) is 2. The Morgan fingerprint density at radius 3 is 1.64 bits per heavy atom. The number of imidazole rings is 2. The van der Waals surface area contributed by atoms with Crippen molar-refractivity contribution in [1.29, 1.82) is 0 Å². The number of rotatable bonds is 18. The zero-order chi connectivity index (χ0) is 58.2. The fourth-order valence-electron chi connectivity index (χ4n) is 10.3. The van der Waals surface area contributed by atoms with Gasteiger partial charge in [-0.2, -0.15) is 32.1 Å². The number of benzene rings is 3. The summed E-state index contributed by atoms with van der Waals surface area (Å²) in [5, 5.41) is 5.25.